The fourth-order valence-corrected chi connectivity index (χ4v) is 2.75. The Hall–Kier alpha value is -2.63. The minimum Gasteiger partial charge on any atom is -0.312 e. The van der Waals surface area contributed by atoms with Gasteiger partial charge < -0.3 is 10.2 Å². The maximum absolute atomic E-state index is 12.5. The SMILES string of the molecule is CC(C)n1nccc1NC(=O)c1cccc(N2CCCC2=O)c1. The van der Waals surface area contributed by atoms with Crippen LogP contribution in [0.1, 0.15) is 43.1 Å². The molecule has 1 aliphatic rings. The Balaban J connectivity index is 1.80. The number of benzene rings is 1. The highest BCUT2D eigenvalue weighted by molar-refractivity contribution is 6.05. The summed E-state index contributed by atoms with van der Waals surface area (Å²) in [6.07, 6.45) is 3.10. The smallest absolute Gasteiger partial charge is 0.256 e. The van der Waals surface area contributed by atoms with Crippen LogP contribution in [0, 0.1) is 0 Å². The molecule has 0 aliphatic carbocycles. The predicted molar refractivity (Wildman–Crippen MR) is 88.6 cm³/mol. The number of hydrogen-bond donors (Lipinski definition) is 1. The molecular weight excluding hydrogens is 292 g/mol. The van der Waals surface area contributed by atoms with Crippen LogP contribution in [0.5, 0.6) is 0 Å². The standard InChI is InChI=1S/C17H20N4O2/c1-12(2)21-15(8-9-18-21)19-17(23)13-5-3-6-14(11-13)20-10-4-7-16(20)22/h3,5-6,8-9,11-12H,4,7,10H2,1-2H3,(H,19,23). The van der Waals surface area contributed by atoms with Crippen molar-refractivity contribution in [3.8, 4) is 0 Å². The quantitative estimate of drug-likeness (QED) is 0.944. The van der Waals surface area contributed by atoms with Gasteiger partial charge in [-0.1, -0.05) is 6.07 Å². The average Bonchev–Trinajstić information content (AvgIpc) is 3.16. The summed E-state index contributed by atoms with van der Waals surface area (Å²) in [6, 6.07) is 9.10. The minimum absolute atomic E-state index is 0.112. The summed E-state index contributed by atoms with van der Waals surface area (Å²) in [6.45, 7) is 4.72. The molecule has 1 aromatic carbocycles. The van der Waals surface area contributed by atoms with Crippen LogP contribution in [0.3, 0.4) is 0 Å². The molecule has 3 rings (SSSR count). The second-order valence-corrected chi connectivity index (χ2v) is 5.91. The topological polar surface area (TPSA) is 67.2 Å². The van der Waals surface area contributed by atoms with Gasteiger partial charge in [-0.25, -0.2) is 4.68 Å². The lowest BCUT2D eigenvalue weighted by atomic mass is 10.1. The van der Waals surface area contributed by atoms with Gasteiger partial charge in [0.05, 0.1) is 6.20 Å². The van der Waals surface area contributed by atoms with Gasteiger partial charge in [0.1, 0.15) is 5.82 Å². The van der Waals surface area contributed by atoms with Gasteiger partial charge >= 0.3 is 0 Å². The second-order valence-electron chi connectivity index (χ2n) is 5.91. The van der Waals surface area contributed by atoms with E-state index in [2.05, 4.69) is 10.4 Å². The second kappa shape index (κ2) is 6.24. The molecule has 0 spiro atoms. The highest BCUT2D eigenvalue weighted by Gasteiger charge is 2.22. The first-order valence-electron chi connectivity index (χ1n) is 7.81. The van der Waals surface area contributed by atoms with Crippen molar-refractivity contribution in [3.63, 3.8) is 0 Å². The van der Waals surface area contributed by atoms with E-state index >= 15 is 0 Å². The van der Waals surface area contributed by atoms with E-state index in [4.69, 9.17) is 0 Å². The normalized spacial score (nSPS) is 14.6. The largest absolute Gasteiger partial charge is 0.312 e. The molecule has 1 aromatic heterocycles. The van der Waals surface area contributed by atoms with Crippen molar-refractivity contribution in [1.82, 2.24) is 9.78 Å². The van der Waals surface area contributed by atoms with Crippen LogP contribution in [-0.2, 0) is 4.79 Å². The molecule has 23 heavy (non-hydrogen) atoms. The molecule has 0 unspecified atom stereocenters. The molecule has 0 bridgehead atoms. The van der Waals surface area contributed by atoms with Crippen LogP contribution < -0.4 is 10.2 Å². The number of nitrogens with one attached hydrogen (secondary N) is 1. The van der Waals surface area contributed by atoms with Crippen LogP contribution in [-0.4, -0.2) is 28.1 Å². The molecule has 1 fully saturated rings. The number of hydrogen-bond acceptors (Lipinski definition) is 3. The summed E-state index contributed by atoms with van der Waals surface area (Å²) in [5.41, 5.74) is 1.30. The first-order chi connectivity index (χ1) is 11.1. The summed E-state index contributed by atoms with van der Waals surface area (Å²) in [5, 5.41) is 7.08. The maximum atomic E-state index is 12.5. The third-order valence-electron chi connectivity index (χ3n) is 3.89. The number of anilines is 2. The monoisotopic (exact) mass is 312 g/mol. The Morgan fingerprint density at radius 3 is 2.83 bits per heavy atom. The number of amides is 2. The van der Waals surface area contributed by atoms with E-state index in [1.54, 1.807) is 40.0 Å². The van der Waals surface area contributed by atoms with E-state index in [1.165, 1.54) is 0 Å². The molecule has 1 saturated heterocycles. The van der Waals surface area contributed by atoms with E-state index in [1.807, 2.05) is 19.9 Å². The molecule has 1 N–H and O–H groups in total. The van der Waals surface area contributed by atoms with Gasteiger partial charge in [0.15, 0.2) is 0 Å². The predicted octanol–water partition coefficient (Wildman–Crippen LogP) is 2.84. The Morgan fingerprint density at radius 1 is 1.30 bits per heavy atom. The summed E-state index contributed by atoms with van der Waals surface area (Å²) < 4.78 is 1.76. The van der Waals surface area contributed by atoms with E-state index in [0.717, 1.165) is 12.1 Å². The Kier molecular flexibility index (Phi) is 4.14. The average molecular weight is 312 g/mol. The molecule has 120 valence electrons. The van der Waals surface area contributed by atoms with Crippen molar-refractivity contribution in [2.45, 2.75) is 32.7 Å². The summed E-state index contributed by atoms with van der Waals surface area (Å²) in [7, 11) is 0. The fraction of sp³-hybridized carbons (Fsp3) is 0.353. The van der Waals surface area contributed by atoms with Crippen molar-refractivity contribution in [2.75, 3.05) is 16.8 Å². The van der Waals surface area contributed by atoms with Crippen LogP contribution in [0.25, 0.3) is 0 Å². The molecule has 2 aromatic rings. The number of nitrogens with zero attached hydrogens (tertiary/aromatic N) is 3. The van der Waals surface area contributed by atoms with Crippen molar-refractivity contribution in [3.05, 3.63) is 42.1 Å². The Bertz CT molecular complexity index is 736. The van der Waals surface area contributed by atoms with Crippen LogP contribution in [0.2, 0.25) is 0 Å². The van der Waals surface area contributed by atoms with Gasteiger partial charge in [0, 0.05) is 36.3 Å². The molecule has 2 heterocycles. The van der Waals surface area contributed by atoms with Crippen molar-refractivity contribution in [2.24, 2.45) is 0 Å². The Morgan fingerprint density at radius 2 is 2.13 bits per heavy atom. The zero-order valence-corrected chi connectivity index (χ0v) is 13.3. The zero-order valence-electron chi connectivity index (χ0n) is 13.3. The third-order valence-corrected chi connectivity index (χ3v) is 3.89. The van der Waals surface area contributed by atoms with Crippen molar-refractivity contribution >= 4 is 23.3 Å². The zero-order chi connectivity index (χ0) is 16.4. The first-order valence-corrected chi connectivity index (χ1v) is 7.81. The minimum atomic E-state index is -0.208. The van der Waals surface area contributed by atoms with Gasteiger partial charge in [-0.2, -0.15) is 5.10 Å². The number of carbonyl (C=O) groups excluding carboxylic acids is 2. The Labute approximate surface area is 135 Å². The first kappa shape index (κ1) is 15.3. The molecule has 0 radical (unpaired) electrons. The van der Waals surface area contributed by atoms with E-state index in [0.29, 0.717) is 24.3 Å². The summed E-state index contributed by atoms with van der Waals surface area (Å²) in [4.78, 5) is 26.1. The van der Waals surface area contributed by atoms with Crippen LogP contribution in [0.4, 0.5) is 11.5 Å². The van der Waals surface area contributed by atoms with E-state index in [9.17, 15) is 9.59 Å². The van der Waals surface area contributed by atoms with Crippen LogP contribution in [0.15, 0.2) is 36.5 Å². The number of carbonyl (C=O) groups is 2. The summed E-state index contributed by atoms with van der Waals surface area (Å²) >= 11 is 0. The van der Waals surface area contributed by atoms with Crippen molar-refractivity contribution in [1.29, 1.82) is 0 Å². The van der Waals surface area contributed by atoms with Crippen LogP contribution >= 0.6 is 0 Å². The fourth-order valence-electron chi connectivity index (χ4n) is 2.75. The van der Waals surface area contributed by atoms with Gasteiger partial charge in [-0.15, -0.1) is 0 Å². The van der Waals surface area contributed by atoms with Crippen molar-refractivity contribution < 1.29 is 9.59 Å². The molecular formula is C17H20N4O2. The van der Waals surface area contributed by atoms with Gasteiger partial charge in [0.25, 0.3) is 5.91 Å². The third kappa shape index (κ3) is 3.11. The highest BCUT2D eigenvalue weighted by Crippen LogP contribution is 2.23. The van der Waals surface area contributed by atoms with E-state index < -0.39 is 0 Å². The van der Waals surface area contributed by atoms with Gasteiger partial charge in [-0.3, -0.25) is 9.59 Å². The highest BCUT2D eigenvalue weighted by atomic mass is 16.2. The molecule has 6 heteroatoms. The molecule has 0 saturated carbocycles. The molecule has 6 nitrogen and oxygen atoms in total. The number of aromatic nitrogens is 2. The lowest BCUT2D eigenvalue weighted by molar-refractivity contribution is -0.117. The lowest BCUT2D eigenvalue weighted by Gasteiger charge is -2.17. The molecule has 1 aliphatic heterocycles. The van der Waals surface area contributed by atoms with E-state index in [-0.39, 0.29) is 17.9 Å². The molecule has 2 amide bonds. The number of rotatable bonds is 4. The summed E-state index contributed by atoms with van der Waals surface area (Å²) in [5.74, 6) is 0.564. The lowest BCUT2D eigenvalue weighted by Crippen LogP contribution is -2.24. The maximum Gasteiger partial charge on any atom is 0.256 e. The van der Waals surface area contributed by atoms with Gasteiger partial charge in [0.2, 0.25) is 5.91 Å². The molecule has 0 atom stereocenters. The van der Waals surface area contributed by atoms with Gasteiger partial charge in [-0.05, 0) is 38.5 Å².